The van der Waals surface area contributed by atoms with Gasteiger partial charge in [-0.25, -0.2) is 0 Å². The summed E-state index contributed by atoms with van der Waals surface area (Å²) in [6, 6.07) is 9.14. The molecule has 142 valence electrons. The molecule has 0 spiro atoms. The van der Waals surface area contributed by atoms with E-state index in [1.807, 2.05) is 12.3 Å². The fourth-order valence-electron chi connectivity index (χ4n) is 3.31. The van der Waals surface area contributed by atoms with E-state index in [0.29, 0.717) is 22.2 Å². The zero-order chi connectivity index (χ0) is 19.2. The van der Waals surface area contributed by atoms with Gasteiger partial charge in [0.1, 0.15) is 0 Å². The standard InChI is InChI=1S/C20H23N3O3S/c1-25-17-9-8-14(12-18(17)26-2)19(24)22-20(27)23-11-4-3-7-16(23)15-6-5-10-21-13-15/h5-6,8-10,12-13,16H,3-4,7,11H2,1-2H3,(H,22,24,27)/t16-/m0/s1. The summed E-state index contributed by atoms with van der Waals surface area (Å²) in [5, 5.41) is 3.29. The van der Waals surface area contributed by atoms with Gasteiger partial charge >= 0.3 is 0 Å². The van der Waals surface area contributed by atoms with Crippen molar-refractivity contribution in [2.45, 2.75) is 25.3 Å². The maximum Gasteiger partial charge on any atom is 0.257 e. The SMILES string of the molecule is COc1ccc(C(=O)NC(=S)N2CCCC[C@H]2c2cccnc2)cc1OC. The number of hydrogen-bond donors (Lipinski definition) is 1. The largest absolute Gasteiger partial charge is 0.493 e. The van der Waals surface area contributed by atoms with Gasteiger partial charge in [-0.3, -0.25) is 15.1 Å². The lowest BCUT2D eigenvalue weighted by molar-refractivity contribution is 0.0969. The van der Waals surface area contributed by atoms with Crippen molar-refractivity contribution in [3.8, 4) is 11.5 Å². The van der Waals surface area contributed by atoms with Gasteiger partial charge in [0.05, 0.1) is 20.3 Å². The van der Waals surface area contributed by atoms with Crippen molar-refractivity contribution in [3.63, 3.8) is 0 Å². The van der Waals surface area contributed by atoms with E-state index in [-0.39, 0.29) is 11.9 Å². The second kappa shape index (κ2) is 8.81. The van der Waals surface area contributed by atoms with E-state index in [9.17, 15) is 4.79 Å². The van der Waals surface area contributed by atoms with Crippen LogP contribution in [0.1, 0.15) is 41.2 Å². The molecule has 0 bridgehead atoms. The number of nitrogens with one attached hydrogen (secondary N) is 1. The van der Waals surface area contributed by atoms with Crippen LogP contribution in [0.5, 0.6) is 11.5 Å². The van der Waals surface area contributed by atoms with Crippen molar-refractivity contribution in [1.29, 1.82) is 0 Å². The first-order valence-electron chi connectivity index (χ1n) is 8.88. The Balaban J connectivity index is 1.74. The van der Waals surface area contributed by atoms with Crippen LogP contribution in [0.4, 0.5) is 0 Å². The molecule has 1 amide bonds. The van der Waals surface area contributed by atoms with E-state index in [1.165, 1.54) is 7.11 Å². The highest BCUT2D eigenvalue weighted by atomic mass is 32.1. The Hall–Kier alpha value is -2.67. The van der Waals surface area contributed by atoms with Crippen molar-refractivity contribution in [3.05, 3.63) is 53.9 Å². The summed E-state index contributed by atoms with van der Waals surface area (Å²) in [6.07, 6.45) is 6.78. The number of pyridine rings is 1. The van der Waals surface area contributed by atoms with Crippen LogP contribution in [0.2, 0.25) is 0 Å². The quantitative estimate of drug-likeness (QED) is 0.815. The summed E-state index contributed by atoms with van der Waals surface area (Å²) < 4.78 is 10.5. The van der Waals surface area contributed by atoms with E-state index < -0.39 is 0 Å². The number of nitrogens with zero attached hydrogens (tertiary/aromatic N) is 2. The van der Waals surface area contributed by atoms with Crippen molar-refractivity contribution < 1.29 is 14.3 Å². The van der Waals surface area contributed by atoms with E-state index >= 15 is 0 Å². The van der Waals surface area contributed by atoms with Crippen LogP contribution < -0.4 is 14.8 Å². The molecule has 7 heteroatoms. The molecule has 0 aliphatic carbocycles. The summed E-state index contributed by atoms with van der Waals surface area (Å²) >= 11 is 5.55. The summed E-state index contributed by atoms with van der Waals surface area (Å²) in [4.78, 5) is 19.0. The first-order chi connectivity index (χ1) is 13.1. The Morgan fingerprint density at radius 1 is 1.22 bits per heavy atom. The maximum absolute atomic E-state index is 12.7. The van der Waals surface area contributed by atoms with E-state index in [4.69, 9.17) is 21.7 Å². The number of ether oxygens (including phenoxy) is 2. The molecule has 1 N–H and O–H groups in total. The minimum atomic E-state index is -0.267. The lowest BCUT2D eigenvalue weighted by Crippen LogP contribution is -2.46. The summed E-state index contributed by atoms with van der Waals surface area (Å²) in [6.45, 7) is 0.810. The summed E-state index contributed by atoms with van der Waals surface area (Å²) in [7, 11) is 3.10. The predicted octanol–water partition coefficient (Wildman–Crippen LogP) is 3.34. The van der Waals surface area contributed by atoms with Gasteiger partial charge in [0, 0.05) is 24.5 Å². The van der Waals surface area contributed by atoms with Crippen LogP contribution in [0.3, 0.4) is 0 Å². The molecule has 1 aromatic heterocycles. The second-order valence-corrected chi connectivity index (χ2v) is 6.71. The number of rotatable bonds is 4. The topological polar surface area (TPSA) is 63.7 Å². The van der Waals surface area contributed by atoms with Crippen LogP contribution in [0.15, 0.2) is 42.7 Å². The summed E-state index contributed by atoms with van der Waals surface area (Å²) in [5.74, 6) is 0.808. The third kappa shape index (κ3) is 4.36. The smallest absolute Gasteiger partial charge is 0.257 e. The van der Waals surface area contributed by atoms with Crippen molar-refractivity contribution in [2.24, 2.45) is 0 Å². The zero-order valence-corrected chi connectivity index (χ0v) is 16.3. The van der Waals surface area contributed by atoms with Crippen LogP contribution in [0.25, 0.3) is 0 Å². The van der Waals surface area contributed by atoms with Crippen molar-refractivity contribution in [1.82, 2.24) is 15.2 Å². The monoisotopic (exact) mass is 385 g/mol. The molecular weight excluding hydrogens is 362 g/mol. The van der Waals surface area contributed by atoms with Gasteiger partial charge in [0.2, 0.25) is 0 Å². The van der Waals surface area contributed by atoms with E-state index in [1.54, 1.807) is 31.5 Å². The first kappa shape index (κ1) is 19.1. The number of amides is 1. The zero-order valence-electron chi connectivity index (χ0n) is 15.5. The van der Waals surface area contributed by atoms with Crippen molar-refractivity contribution in [2.75, 3.05) is 20.8 Å². The average molecular weight is 385 g/mol. The minimum absolute atomic E-state index is 0.130. The van der Waals surface area contributed by atoms with Gasteiger partial charge < -0.3 is 14.4 Å². The van der Waals surface area contributed by atoms with Crippen LogP contribution in [-0.4, -0.2) is 41.7 Å². The number of carbonyl (C=O) groups is 1. The molecule has 1 saturated heterocycles. The van der Waals surface area contributed by atoms with E-state index in [2.05, 4.69) is 21.3 Å². The van der Waals surface area contributed by atoms with Crippen LogP contribution in [-0.2, 0) is 0 Å². The molecule has 0 unspecified atom stereocenters. The molecule has 1 aromatic carbocycles. The maximum atomic E-state index is 12.7. The average Bonchev–Trinajstić information content (AvgIpc) is 2.73. The van der Waals surface area contributed by atoms with Gasteiger partial charge in [-0.2, -0.15) is 0 Å². The number of benzene rings is 1. The highest BCUT2D eigenvalue weighted by molar-refractivity contribution is 7.80. The number of hydrogen-bond acceptors (Lipinski definition) is 5. The number of aromatic nitrogens is 1. The predicted molar refractivity (Wildman–Crippen MR) is 107 cm³/mol. The Kier molecular flexibility index (Phi) is 6.24. The molecule has 1 atom stereocenters. The molecule has 2 heterocycles. The van der Waals surface area contributed by atoms with Gasteiger partial charge in [0.15, 0.2) is 16.6 Å². The Morgan fingerprint density at radius 3 is 2.74 bits per heavy atom. The summed E-state index contributed by atoms with van der Waals surface area (Å²) in [5.41, 5.74) is 1.57. The number of carbonyl (C=O) groups excluding carboxylic acids is 1. The van der Waals surface area contributed by atoms with Crippen LogP contribution >= 0.6 is 12.2 Å². The van der Waals surface area contributed by atoms with Gasteiger partial charge in [-0.05, 0) is 61.3 Å². The van der Waals surface area contributed by atoms with Gasteiger partial charge in [-0.1, -0.05) is 6.07 Å². The Bertz CT molecular complexity index is 813. The molecule has 0 radical (unpaired) electrons. The number of piperidine rings is 1. The minimum Gasteiger partial charge on any atom is -0.493 e. The van der Waals surface area contributed by atoms with E-state index in [0.717, 1.165) is 31.4 Å². The first-order valence-corrected chi connectivity index (χ1v) is 9.28. The Labute approximate surface area is 164 Å². The molecular formula is C20H23N3O3S. The lowest BCUT2D eigenvalue weighted by Gasteiger charge is -2.37. The molecule has 27 heavy (non-hydrogen) atoms. The normalized spacial score (nSPS) is 16.5. The molecule has 1 aliphatic rings. The molecule has 2 aromatic rings. The number of thiocarbonyl (C=S) groups is 1. The van der Waals surface area contributed by atoms with Gasteiger partial charge in [0.25, 0.3) is 5.91 Å². The molecule has 6 nitrogen and oxygen atoms in total. The third-order valence-corrected chi connectivity index (χ3v) is 5.04. The molecule has 1 fully saturated rings. The fraction of sp³-hybridized carbons (Fsp3) is 0.350. The fourth-order valence-corrected chi connectivity index (χ4v) is 3.62. The molecule has 0 saturated carbocycles. The third-order valence-electron chi connectivity index (χ3n) is 4.70. The highest BCUT2D eigenvalue weighted by Crippen LogP contribution is 2.31. The van der Waals surface area contributed by atoms with Crippen molar-refractivity contribution >= 4 is 23.2 Å². The second-order valence-electron chi connectivity index (χ2n) is 6.32. The Morgan fingerprint density at radius 2 is 2.04 bits per heavy atom. The number of likely N-dealkylation sites (tertiary alicyclic amines) is 1. The van der Waals surface area contributed by atoms with Crippen LogP contribution in [0, 0.1) is 0 Å². The van der Waals surface area contributed by atoms with Gasteiger partial charge in [-0.15, -0.1) is 0 Å². The number of methoxy groups -OCH3 is 2. The molecule has 1 aliphatic heterocycles. The highest BCUT2D eigenvalue weighted by Gasteiger charge is 2.27. The molecule has 3 rings (SSSR count). The lowest BCUT2D eigenvalue weighted by atomic mass is 9.97.